The molecule has 2 N–H and O–H groups in total. The van der Waals surface area contributed by atoms with Crippen LogP contribution in [0.15, 0.2) is 48.5 Å². The van der Waals surface area contributed by atoms with Gasteiger partial charge < -0.3 is 20.1 Å². The Bertz CT molecular complexity index is 688. The van der Waals surface area contributed by atoms with Gasteiger partial charge in [-0.3, -0.25) is 4.79 Å². The standard InChI is InChI=1S/C19H22N2O3/c20-8-9-21(14-15-4-2-1-3-5-15)19(22)13-16-6-7-17-18(12-16)24-11-10-23-17/h1-7,12H,8-11,13-14,20H2. The molecule has 3 rings (SSSR count). The summed E-state index contributed by atoms with van der Waals surface area (Å²) < 4.78 is 11.1. The number of fused-ring (bicyclic) bond motifs is 1. The van der Waals surface area contributed by atoms with Crippen LogP contribution in [-0.2, 0) is 17.8 Å². The zero-order chi connectivity index (χ0) is 16.8. The van der Waals surface area contributed by atoms with Crippen molar-refractivity contribution in [3.63, 3.8) is 0 Å². The predicted octanol–water partition coefficient (Wildman–Crippen LogP) is 1.99. The highest BCUT2D eigenvalue weighted by Crippen LogP contribution is 2.31. The lowest BCUT2D eigenvalue weighted by molar-refractivity contribution is -0.131. The van der Waals surface area contributed by atoms with Crippen LogP contribution < -0.4 is 15.2 Å². The molecule has 1 aliphatic heterocycles. The maximum atomic E-state index is 12.7. The van der Waals surface area contributed by atoms with Crippen molar-refractivity contribution in [3.8, 4) is 11.5 Å². The lowest BCUT2D eigenvalue weighted by Crippen LogP contribution is -2.35. The number of nitrogens with zero attached hydrogens (tertiary/aromatic N) is 1. The average Bonchev–Trinajstić information content (AvgIpc) is 2.62. The van der Waals surface area contributed by atoms with Gasteiger partial charge in [-0.05, 0) is 23.3 Å². The lowest BCUT2D eigenvalue weighted by atomic mass is 10.1. The Morgan fingerprint density at radius 2 is 1.75 bits per heavy atom. The number of benzene rings is 2. The Morgan fingerprint density at radius 1 is 1.00 bits per heavy atom. The number of amides is 1. The number of hydrogen-bond acceptors (Lipinski definition) is 4. The molecule has 0 saturated heterocycles. The Hall–Kier alpha value is -2.53. The van der Waals surface area contributed by atoms with Crippen molar-refractivity contribution >= 4 is 5.91 Å². The first-order valence-electron chi connectivity index (χ1n) is 8.16. The third-order valence-electron chi connectivity index (χ3n) is 3.93. The molecule has 126 valence electrons. The van der Waals surface area contributed by atoms with Crippen molar-refractivity contribution in [2.75, 3.05) is 26.3 Å². The van der Waals surface area contributed by atoms with Gasteiger partial charge in [0.2, 0.25) is 5.91 Å². The summed E-state index contributed by atoms with van der Waals surface area (Å²) in [5, 5.41) is 0. The molecule has 1 aliphatic rings. The molecule has 0 radical (unpaired) electrons. The molecule has 0 fully saturated rings. The Labute approximate surface area is 142 Å². The molecule has 2 aromatic carbocycles. The van der Waals surface area contributed by atoms with E-state index in [2.05, 4.69) is 0 Å². The molecule has 0 aliphatic carbocycles. The molecule has 0 spiro atoms. The first kappa shape index (κ1) is 16.3. The van der Waals surface area contributed by atoms with E-state index in [4.69, 9.17) is 15.2 Å². The minimum atomic E-state index is 0.0565. The molecule has 0 bridgehead atoms. The Balaban J connectivity index is 1.69. The topological polar surface area (TPSA) is 64.8 Å². The van der Waals surface area contributed by atoms with E-state index in [-0.39, 0.29) is 5.91 Å². The van der Waals surface area contributed by atoms with Crippen LogP contribution in [0.3, 0.4) is 0 Å². The average molecular weight is 326 g/mol. The summed E-state index contributed by atoms with van der Waals surface area (Å²) in [6, 6.07) is 15.6. The van der Waals surface area contributed by atoms with Crippen molar-refractivity contribution in [3.05, 3.63) is 59.7 Å². The van der Waals surface area contributed by atoms with E-state index in [1.54, 1.807) is 4.90 Å². The van der Waals surface area contributed by atoms with Gasteiger partial charge in [-0.25, -0.2) is 0 Å². The van der Waals surface area contributed by atoms with Crippen LogP contribution in [0.4, 0.5) is 0 Å². The molecular weight excluding hydrogens is 304 g/mol. The summed E-state index contributed by atoms with van der Waals surface area (Å²) in [4.78, 5) is 14.5. The van der Waals surface area contributed by atoms with Crippen molar-refractivity contribution in [1.82, 2.24) is 4.90 Å². The molecule has 1 amide bonds. The van der Waals surface area contributed by atoms with E-state index in [0.29, 0.717) is 45.0 Å². The van der Waals surface area contributed by atoms with Gasteiger partial charge in [-0.15, -0.1) is 0 Å². The number of ether oxygens (including phenoxy) is 2. The van der Waals surface area contributed by atoms with Crippen molar-refractivity contribution in [2.24, 2.45) is 5.73 Å². The van der Waals surface area contributed by atoms with Gasteiger partial charge in [0.1, 0.15) is 13.2 Å². The van der Waals surface area contributed by atoms with Crippen LogP contribution >= 0.6 is 0 Å². The quantitative estimate of drug-likeness (QED) is 0.882. The van der Waals surface area contributed by atoms with Crippen LogP contribution in [0.1, 0.15) is 11.1 Å². The van der Waals surface area contributed by atoms with Crippen LogP contribution in [-0.4, -0.2) is 37.1 Å². The van der Waals surface area contributed by atoms with Gasteiger partial charge in [0.15, 0.2) is 11.5 Å². The molecule has 1 heterocycles. The fourth-order valence-electron chi connectivity index (χ4n) is 2.74. The minimum Gasteiger partial charge on any atom is -0.486 e. The van der Waals surface area contributed by atoms with Crippen LogP contribution in [0.5, 0.6) is 11.5 Å². The maximum absolute atomic E-state index is 12.7. The zero-order valence-electron chi connectivity index (χ0n) is 13.6. The molecule has 5 nitrogen and oxygen atoms in total. The van der Waals surface area contributed by atoms with Crippen LogP contribution in [0.2, 0.25) is 0 Å². The molecule has 0 atom stereocenters. The number of carbonyl (C=O) groups excluding carboxylic acids is 1. The molecule has 0 aromatic heterocycles. The van der Waals surface area contributed by atoms with Gasteiger partial charge in [-0.1, -0.05) is 36.4 Å². The summed E-state index contributed by atoms with van der Waals surface area (Å²) in [5.41, 5.74) is 7.69. The third-order valence-corrected chi connectivity index (χ3v) is 3.93. The van der Waals surface area contributed by atoms with E-state index in [1.807, 2.05) is 48.5 Å². The van der Waals surface area contributed by atoms with Crippen LogP contribution in [0, 0.1) is 0 Å². The molecule has 0 unspecified atom stereocenters. The highest BCUT2D eigenvalue weighted by atomic mass is 16.6. The first-order chi connectivity index (χ1) is 11.8. The number of carbonyl (C=O) groups is 1. The van der Waals surface area contributed by atoms with E-state index in [0.717, 1.165) is 16.9 Å². The van der Waals surface area contributed by atoms with E-state index < -0.39 is 0 Å². The number of rotatable bonds is 6. The Morgan fingerprint density at radius 3 is 2.50 bits per heavy atom. The van der Waals surface area contributed by atoms with Gasteiger partial charge in [0.25, 0.3) is 0 Å². The zero-order valence-corrected chi connectivity index (χ0v) is 13.6. The second-order valence-corrected chi connectivity index (χ2v) is 5.74. The number of nitrogens with two attached hydrogens (primary N) is 1. The smallest absolute Gasteiger partial charge is 0.227 e. The van der Waals surface area contributed by atoms with Crippen molar-refractivity contribution < 1.29 is 14.3 Å². The lowest BCUT2D eigenvalue weighted by Gasteiger charge is -2.23. The molecule has 24 heavy (non-hydrogen) atoms. The van der Waals surface area contributed by atoms with Gasteiger partial charge in [0, 0.05) is 19.6 Å². The minimum absolute atomic E-state index is 0.0565. The van der Waals surface area contributed by atoms with E-state index in [9.17, 15) is 4.79 Å². The molecule has 5 heteroatoms. The second kappa shape index (κ2) is 7.84. The summed E-state index contributed by atoms with van der Waals surface area (Å²) in [6.07, 6.45) is 0.323. The monoisotopic (exact) mass is 326 g/mol. The van der Waals surface area contributed by atoms with Crippen molar-refractivity contribution in [2.45, 2.75) is 13.0 Å². The summed E-state index contributed by atoms with van der Waals surface area (Å²) in [7, 11) is 0. The molecular formula is C19H22N2O3. The SMILES string of the molecule is NCCN(Cc1ccccc1)C(=O)Cc1ccc2c(c1)OCCO2. The largest absolute Gasteiger partial charge is 0.486 e. The first-order valence-corrected chi connectivity index (χ1v) is 8.16. The van der Waals surface area contributed by atoms with Gasteiger partial charge in [-0.2, -0.15) is 0 Å². The highest BCUT2D eigenvalue weighted by molar-refractivity contribution is 5.79. The fraction of sp³-hybridized carbons (Fsp3) is 0.316. The van der Waals surface area contributed by atoms with Gasteiger partial charge in [0.05, 0.1) is 6.42 Å². The molecule has 2 aromatic rings. The fourth-order valence-corrected chi connectivity index (χ4v) is 2.74. The van der Waals surface area contributed by atoms with Gasteiger partial charge >= 0.3 is 0 Å². The van der Waals surface area contributed by atoms with E-state index in [1.165, 1.54) is 0 Å². The second-order valence-electron chi connectivity index (χ2n) is 5.74. The number of hydrogen-bond donors (Lipinski definition) is 1. The summed E-state index contributed by atoms with van der Waals surface area (Å²) in [5.74, 6) is 1.50. The summed E-state index contributed by atoms with van der Waals surface area (Å²) in [6.45, 7) is 2.66. The normalized spacial score (nSPS) is 12.7. The van der Waals surface area contributed by atoms with Crippen LogP contribution in [0.25, 0.3) is 0 Å². The van der Waals surface area contributed by atoms with E-state index >= 15 is 0 Å². The summed E-state index contributed by atoms with van der Waals surface area (Å²) >= 11 is 0. The van der Waals surface area contributed by atoms with Crippen molar-refractivity contribution in [1.29, 1.82) is 0 Å². The molecule has 0 saturated carbocycles. The highest BCUT2D eigenvalue weighted by Gasteiger charge is 2.17. The third kappa shape index (κ3) is 4.06. The predicted molar refractivity (Wildman–Crippen MR) is 92.0 cm³/mol. The maximum Gasteiger partial charge on any atom is 0.227 e. The Kier molecular flexibility index (Phi) is 5.33.